The largest absolute Gasteiger partial charge is 0.337 e. The number of nitrogens with one attached hydrogen (secondary N) is 2. The van der Waals surface area contributed by atoms with Crippen LogP contribution < -0.4 is 16.6 Å². The van der Waals surface area contributed by atoms with Gasteiger partial charge < -0.3 is 14.9 Å². The Hall–Kier alpha value is -2.68. The van der Waals surface area contributed by atoms with Gasteiger partial charge in [0.1, 0.15) is 11.3 Å². The van der Waals surface area contributed by atoms with Crippen LogP contribution in [0.25, 0.3) is 11.2 Å². The van der Waals surface area contributed by atoms with Gasteiger partial charge in [-0.3, -0.25) is 13.9 Å². The lowest BCUT2D eigenvalue weighted by Gasteiger charge is -2.35. The van der Waals surface area contributed by atoms with Crippen LogP contribution >= 0.6 is 0 Å². The van der Waals surface area contributed by atoms with E-state index >= 15 is 0 Å². The fourth-order valence-corrected chi connectivity index (χ4v) is 6.26. The number of hydrogen-bond donors (Lipinski definition) is 2. The van der Waals surface area contributed by atoms with Gasteiger partial charge in [-0.1, -0.05) is 13.8 Å². The summed E-state index contributed by atoms with van der Waals surface area (Å²) in [6.07, 6.45) is 13.0. The Balaban J connectivity index is 1.32. The molecule has 0 aliphatic heterocycles. The van der Waals surface area contributed by atoms with Crippen molar-refractivity contribution < 1.29 is 0 Å². The van der Waals surface area contributed by atoms with Gasteiger partial charge in [-0.15, -0.1) is 0 Å². The van der Waals surface area contributed by atoms with Crippen molar-refractivity contribution in [3.8, 4) is 0 Å². The van der Waals surface area contributed by atoms with E-state index in [1.54, 1.807) is 4.57 Å². The molecule has 2 bridgehead atoms. The zero-order valence-corrected chi connectivity index (χ0v) is 20.4. The molecule has 9 heteroatoms. The third kappa shape index (κ3) is 4.26. The van der Waals surface area contributed by atoms with Gasteiger partial charge in [-0.2, -0.15) is 0 Å². The monoisotopic (exact) mass is 467 g/mol. The Morgan fingerprint density at radius 1 is 1.06 bits per heavy atom. The van der Waals surface area contributed by atoms with Crippen LogP contribution in [0.3, 0.4) is 0 Å². The van der Waals surface area contributed by atoms with Gasteiger partial charge in [0, 0.05) is 44.0 Å². The third-order valence-corrected chi connectivity index (χ3v) is 7.79. The summed E-state index contributed by atoms with van der Waals surface area (Å²) >= 11 is 0. The number of H-pyrrole nitrogens is 1. The first kappa shape index (κ1) is 23.1. The Labute approximate surface area is 199 Å². The van der Waals surface area contributed by atoms with Crippen molar-refractivity contribution in [2.75, 3.05) is 6.54 Å². The first-order chi connectivity index (χ1) is 16.6. The number of nitrogens with zero attached hydrogens (tertiary/aromatic N) is 5. The summed E-state index contributed by atoms with van der Waals surface area (Å²) in [5.74, 6) is 2.48. The molecular formula is C25H37N7O2. The molecule has 2 atom stereocenters. The lowest BCUT2D eigenvalue weighted by molar-refractivity contribution is 0.227. The number of aryl methyl sites for hydroxylation is 2. The fraction of sp³-hybridized carbons (Fsp3) is 0.680. The van der Waals surface area contributed by atoms with Gasteiger partial charge >= 0.3 is 5.69 Å². The Bertz CT molecular complexity index is 1210. The van der Waals surface area contributed by atoms with Crippen LogP contribution in [-0.4, -0.2) is 41.2 Å². The number of imidazole rings is 2. The summed E-state index contributed by atoms with van der Waals surface area (Å²) in [7, 11) is 0. The van der Waals surface area contributed by atoms with Gasteiger partial charge in [0.25, 0.3) is 5.56 Å². The van der Waals surface area contributed by atoms with Crippen LogP contribution in [0, 0.1) is 11.8 Å². The standard InChI is InChI=1S/C25H37N7O2/c1-3-10-31-23-21(24(33)32(11-4-2)25(31)34)28-22(29-23)19-14-17-6-7-18(15-19)20(17)27-8-5-12-30-13-9-26-16-30/h9,13,16-20,27H,3-8,10-12,14-15H2,1-2H3,(H,28,29). The molecule has 3 aromatic heterocycles. The Morgan fingerprint density at radius 3 is 2.47 bits per heavy atom. The first-order valence-corrected chi connectivity index (χ1v) is 13.0. The second kappa shape index (κ2) is 9.90. The molecule has 0 aromatic carbocycles. The second-order valence-electron chi connectivity index (χ2n) is 10.1. The molecular weight excluding hydrogens is 430 g/mol. The highest BCUT2D eigenvalue weighted by Crippen LogP contribution is 2.48. The molecule has 2 aliphatic carbocycles. The highest BCUT2D eigenvalue weighted by molar-refractivity contribution is 5.70. The number of hydrogen-bond acceptors (Lipinski definition) is 5. The third-order valence-electron chi connectivity index (χ3n) is 7.79. The maximum absolute atomic E-state index is 13.1. The number of rotatable bonds is 10. The quantitative estimate of drug-likeness (QED) is 0.447. The Morgan fingerprint density at radius 2 is 1.79 bits per heavy atom. The molecule has 2 fully saturated rings. The molecule has 0 spiro atoms. The van der Waals surface area contributed by atoms with E-state index in [0.29, 0.717) is 48.0 Å². The smallest absolute Gasteiger partial charge is 0.332 e. The normalized spacial score (nSPS) is 24.3. The summed E-state index contributed by atoms with van der Waals surface area (Å²) in [6.45, 7) is 7.05. The summed E-state index contributed by atoms with van der Waals surface area (Å²) < 4.78 is 5.18. The number of fused-ring (bicyclic) bond motifs is 3. The average molecular weight is 468 g/mol. The molecule has 0 radical (unpaired) electrons. The maximum atomic E-state index is 13.1. The molecule has 5 rings (SSSR count). The van der Waals surface area contributed by atoms with Crippen LogP contribution in [0.4, 0.5) is 0 Å². The molecule has 2 N–H and O–H groups in total. The number of aromatic nitrogens is 6. The van der Waals surface area contributed by atoms with E-state index in [1.807, 2.05) is 32.6 Å². The zero-order chi connectivity index (χ0) is 23.7. The van der Waals surface area contributed by atoms with Crippen LogP contribution in [0.15, 0.2) is 28.3 Å². The van der Waals surface area contributed by atoms with E-state index in [4.69, 9.17) is 4.98 Å². The van der Waals surface area contributed by atoms with Crippen LogP contribution in [0.2, 0.25) is 0 Å². The van der Waals surface area contributed by atoms with Gasteiger partial charge in [0.2, 0.25) is 0 Å². The maximum Gasteiger partial charge on any atom is 0.332 e. The van der Waals surface area contributed by atoms with E-state index in [0.717, 1.165) is 51.0 Å². The SMILES string of the molecule is CCCn1c(=O)c2[nH]c(C3CC4CCC(C3)C4NCCCn3ccnc3)nc2n(CCC)c1=O. The highest BCUT2D eigenvalue weighted by atomic mass is 16.2. The first-order valence-electron chi connectivity index (χ1n) is 13.0. The molecule has 0 amide bonds. The summed E-state index contributed by atoms with van der Waals surface area (Å²) in [4.78, 5) is 38.4. The lowest BCUT2D eigenvalue weighted by Crippen LogP contribution is -2.42. The summed E-state index contributed by atoms with van der Waals surface area (Å²) in [6, 6.07) is 0.573. The molecule has 3 aromatic rings. The predicted octanol–water partition coefficient (Wildman–Crippen LogP) is 2.85. The minimum atomic E-state index is -0.233. The molecule has 3 heterocycles. The fourth-order valence-electron chi connectivity index (χ4n) is 6.26. The summed E-state index contributed by atoms with van der Waals surface area (Å²) in [5.41, 5.74) is 0.557. The molecule has 2 aliphatic rings. The van der Waals surface area contributed by atoms with Crippen molar-refractivity contribution in [1.29, 1.82) is 0 Å². The molecule has 34 heavy (non-hydrogen) atoms. The van der Waals surface area contributed by atoms with Crippen molar-refractivity contribution in [3.05, 3.63) is 45.4 Å². The van der Waals surface area contributed by atoms with Crippen molar-refractivity contribution in [2.45, 2.75) is 90.4 Å². The van der Waals surface area contributed by atoms with Crippen molar-refractivity contribution in [3.63, 3.8) is 0 Å². The molecule has 2 saturated carbocycles. The zero-order valence-electron chi connectivity index (χ0n) is 20.4. The van der Waals surface area contributed by atoms with Gasteiger partial charge in [-0.25, -0.2) is 14.8 Å². The van der Waals surface area contributed by atoms with Gasteiger partial charge in [-0.05, 0) is 63.3 Å². The average Bonchev–Trinajstić information content (AvgIpc) is 3.56. The van der Waals surface area contributed by atoms with Crippen LogP contribution in [-0.2, 0) is 19.6 Å². The molecule has 0 saturated heterocycles. The highest BCUT2D eigenvalue weighted by Gasteiger charge is 2.43. The summed E-state index contributed by atoms with van der Waals surface area (Å²) in [5, 5.41) is 3.85. The van der Waals surface area contributed by atoms with Crippen molar-refractivity contribution in [1.82, 2.24) is 34.0 Å². The van der Waals surface area contributed by atoms with Crippen LogP contribution in [0.5, 0.6) is 0 Å². The van der Waals surface area contributed by atoms with Gasteiger partial charge in [0.15, 0.2) is 5.65 Å². The van der Waals surface area contributed by atoms with Crippen molar-refractivity contribution in [2.24, 2.45) is 11.8 Å². The minimum absolute atomic E-state index is 0.232. The van der Waals surface area contributed by atoms with E-state index in [9.17, 15) is 9.59 Å². The number of aromatic amines is 1. The topological polar surface area (TPSA) is 103 Å². The van der Waals surface area contributed by atoms with E-state index in [2.05, 4.69) is 19.9 Å². The van der Waals surface area contributed by atoms with E-state index in [-0.39, 0.29) is 11.2 Å². The molecule has 2 unspecified atom stereocenters. The second-order valence-corrected chi connectivity index (χ2v) is 10.1. The Kier molecular flexibility index (Phi) is 6.72. The van der Waals surface area contributed by atoms with Crippen molar-refractivity contribution >= 4 is 11.2 Å². The lowest BCUT2D eigenvalue weighted by atomic mass is 9.77. The van der Waals surface area contributed by atoms with Crippen LogP contribution in [0.1, 0.15) is 70.5 Å². The van der Waals surface area contributed by atoms with E-state index < -0.39 is 0 Å². The molecule has 9 nitrogen and oxygen atoms in total. The van der Waals surface area contributed by atoms with E-state index in [1.165, 1.54) is 17.4 Å². The minimum Gasteiger partial charge on any atom is -0.337 e. The molecule has 184 valence electrons. The van der Waals surface area contributed by atoms with Gasteiger partial charge in [0.05, 0.1) is 6.33 Å². The predicted molar refractivity (Wildman–Crippen MR) is 132 cm³/mol.